The van der Waals surface area contributed by atoms with Gasteiger partial charge >= 0.3 is 0 Å². The zero-order valence-electron chi connectivity index (χ0n) is 21.4. The van der Waals surface area contributed by atoms with Crippen LogP contribution >= 0.6 is 39.0 Å². The number of hydrogen-bond acceptors (Lipinski definition) is 6. The molecule has 1 atom stereocenters. The predicted octanol–water partition coefficient (Wildman–Crippen LogP) is 9.16. The van der Waals surface area contributed by atoms with Crippen molar-refractivity contribution in [3.8, 4) is 5.75 Å². The quantitative estimate of drug-likeness (QED) is 0.165. The number of thiazole rings is 1. The molecule has 0 spiro atoms. The van der Waals surface area contributed by atoms with Gasteiger partial charge in [0.2, 0.25) is 0 Å². The van der Waals surface area contributed by atoms with Crippen molar-refractivity contribution in [2.45, 2.75) is 47.2 Å². The standard InChI is InChI=1S/C29H26BrFN2O3S3/c1-4-19(16(2)3)17-9-12-24-26(13-17)37-29(32-24)38-27-15-25(20-7-5-6-8-21(20)28(27)34)33-39(35,36)18-10-11-22(30)23(31)14-18/h5-16,19,33-34H,4H2,1-3H3. The highest BCUT2D eigenvalue weighted by Crippen LogP contribution is 2.45. The zero-order chi connectivity index (χ0) is 27.9. The van der Waals surface area contributed by atoms with E-state index in [0.29, 0.717) is 27.5 Å². The third kappa shape index (κ3) is 5.66. The molecule has 0 aliphatic heterocycles. The van der Waals surface area contributed by atoms with Gasteiger partial charge in [0.05, 0.1) is 30.2 Å². The van der Waals surface area contributed by atoms with Crippen LogP contribution in [0.5, 0.6) is 5.75 Å². The summed E-state index contributed by atoms with van der Waals surface area (Å²) in [5, 5.41) is 12.1. The lowest BCUT2D eigenvalue weighted by Gasteiger charge is -2.19. The maximum atomic E-state index is 14.1. The summed E-state index contributed by atoms with van der Waals surface area (Å²) in [6.07, 6.45) is 1.06. The number of sulfonamides is 1. The van der Waals surface area contributed by atoms with Gasteiger partial charge in [-0.25, -0.2) is 17.8 Å². The van der Waals surface area contributed by atoms with Crippen molar-refractivity contribution in [2.24, 2.45) is 5.92 Å². The van der Waals surface area contributed by atoms with Crippen LogP contribution in [0, 0.1) is 11.7 Å². The number of aromatic hydroxyl groups is 1. The number of benzene rings is 4. The molecule has 1 heterocycles. The molecule has 0 radical (unpaired) electrons. The van der Waals surface area contributed by atoms with Gasteiger partial charge in [0.25, 0.3) is 10.0 Å². The smallest absolute Gasteiger partial charge is 0.262 e. The van der Waals surface area contributed by atoms with Gasteiger partial charge in [-0.1, -0.05) is 62.9 Å². The third-order valence-electron chi connectivity index (χ3n) is 6.69. The first-order valence-electron chi connectivity index (χ1n) is 12.4. The number of phenolic OH excluding ortho intramolecular Hbond substituents is 1. The number of anilines is 1. The van der Waals surface area contributed by atoms with Gasteiger partial charge in [0.15, 0.2) is 4.34 Å². The lowest BCUT2D eigenvalue weighted by molar-refractivity contribution is 0.469. The van der Waals surface area contributed by atoms with Gasteiger partial charge in [-0.05, 0) is 76.1 Å². The van der Waals surface area contributed by atoms with E-state index in [1.807, 2.05) is 6.07 Å². The number of halogens is 2. The number of nitrogens with one attached hydrogen (secondary N) is 1. The summed E-state index contributed by atoms with van der Waals surface area (Å²) in [4.78, 5) is 5.01. The highest BCUT2D eigenvalue weighted by atomic mass is 79.9. The Morgan fingerprint density at radius 2 is 1.82 bits per heavy atom. The number of phenols is 1. The summed E-state index contributed by atoms with van der Waals surface area (Å²) in [6.45, 7) is 6.66. The van der Waals surface area contributed by atoms with E-state index < -0.39 is 15.8 Å². The van der Waals surface area contributed by atoms with Gasteiger partial charge in [-0.3, -0.25) is 4.72 Å². The monoisotopic (exact) mass is 644 g/mol. The molecule has 0 aliphatic rings. The normalized spacial score (nSPS) is 12.9. The Morgan fingerprint density at radius 3 is 2.51 bits per heavy atom. The van der Waals surface area contributed by atoms with Gasteiger partial charge in [0.1, 0.15) is 11.6 Å². The van der Waals surface area contributed by atoms with E-state index in [2.05, 4.69) is 53.6 Å². The summed E-state index contributed by atoms with van der Waals surface area (Å²) >= 11 is 5.86. The van der Waals surface area contributed by atoms with Crippen LogP contribution in [0.15, 0.2) is 85.3 Å². The summed E-state index contributed by atoms with van der Waals surface area (Å²) in [6, 6.07) is 18.6. The number of fused-ring (bicyclic) bond motifs is 2. The average Bonchev–Trinajstić information content (AvgIpc) is 3.30. The van der Waals surface area contributed by atoms with E-state index in [4.69, 9.17) is 4.98 Å². The molecule has 1 unspecified atom stereocenters. The molecule has 0 saturated heterocycles. The van der Waals surface area contributed by atoms with Crippen molar-refractivity contribution in [1.29, 1.82) is 0 Å². The van der Waals surface area contributed by atoms with Crippen molar-refractivity contribution < 1.29 is 17.9 Å². The average molecular weight is 646 g/mol. The first-order valence-corrected chi connectivity index (χ1v) is 16.3. The Kier molecular flexibility index (Phi) is 7.92. The van der Waals surface area contributed by atoms with E-state index in [0.717, 1.165) is 27.0 Å². The fourth-order valence-corrected chi connectivity index (χ4v) is 8.22. The van der Waals surface area contributed by atoms with Crippen molar-refractivity contribution in [1.82, 2.24) is 4.98 Å². The molecular weight excluding hydrogens is 619 g/mol. The molecule has 1 aromatic heterocycles. The second kappa shape index (κ2) is 11.1. The number of rotatable bonds is 8. The van der Waals surface area contributed by atoms with E-state index in [1.54, 1.807) is 30.3 Å². The molecule has 10 heteroatoms. The molecule has 5 rings (SSSR count). The predicted molar refractivity (Wildman–Crippen MR) is 162 cm³/mol. The summed E-state index contributed by atoms with van der Waals surface area (Å²) < 4.78 is 45.0. The second-order valence-corrected chi connectivity index (χ2v) is 14.4. The molecule has 202 valence electrons. The molecule has 5 nitrogen and oxygen atoms in total. The van der Waals surface area contributed by atoms with Gasteiger partial charge in [0, 0.05) is 10.8 Å². The fraction of sp³-hybridized carbons (Fsp3) is 0.207. The SMILES string of the molecule is CCC(c1ccc2nc(Sc3cc(NS(=O)(=O)c4ccc(Br)c(F)c4)c4ccccc4c3O)sc2c1)C(C)C. The molecule has 2 N–H and O–H groups in total. The summed E-state index contributed by atoms with van der Waals surface area (Å²) in [5.74, 6) is 0.355. The zero-order valence-corrected chi connectivity index (χ0v) is 25.4. The first-order chi connectivity index (χ1) is 18.6. The first kappa shape index (κ1) is 27.9. The van der Waals surface area contributed by atoms with Crippen LogP contribution in [0.25, 0.3) is 21.0 Å². The van der Waals surface area contributed by atoms with Gasteiger partial charge in [-0.15, -0.1) is 11.3 Å². The highest BCUT2D eigenvalue weighted by molar-refractivity contribution is 9.10. The molecule has 0 fully saturated rings. The Balaban J connectivity index is 1.53. The third-order valence-corrected chi connectivity index (χ3v) is 10.8. The van der Waals surface area contributed by atoms with E-state index in [1.165, 1.54) is 40.8 Å². The van der Waals surface area contributed by atoms with Crippen LogP contribution in [0.1, 0.15) is 38.7 Å². The molecule has 0 bridgehead atoms. The fourth-order valence-electron chi connectivity index (χ4n) is 4.72. The minimum atomic E-state index is -4.10. The second-order valence-electron chi connectivity index (χ2n) is 9.57. The van der Waals surface area contributed by atoms with Gasteiger partial charge in [-0.2, -0.15) is 0 Å². The number of hydrogen-bond donors (Lipinski definition) is 2. The maximum Gasteiger partial charge on any atom is 0.262 e. The van der Waals surface area contributed by atoms with E-state index >= 15 is 0 Å². The Hall–Kier alpha value is -2.66. The van der Waals surface area contributed by atoms with Gasteiger partial charge < -0.3 is 5.11 Å². The van der Waals surface area contributed by atoms with Crippen LogP contribution in [-0.4, -0.2) is 18.5 Å². The molecule has 4 aromatic carbocycles. The largest absolute Gasteiger partial charge is 0.506 e. The summed E-state index contributed by atoms with van der Waals surface area (Å²) in [5.41, 5.74) is 2.44. The lowest BCUT2D eigenvalue weighted by atomic mass is 9.86. The van der Waals surface area contributed by atoms with Crippen LogP contribution in [0.3, 0.4) is 0 Å². The minimum absolute atomic E-state index is 0.0408. The van der Waals surface area contributed by atoms with Crippen LogP contribution in [0.2, 0.25) is 0 Å². The van der Waals surface area contributed by atoms with E-state index in [9.17, 15) is 17.9 Å². The highest BCUT2D eigenvalue weighted by Gasteiger charge is 2.21. The number of aromatic nitrogens is 1. The van der Waals surface area contributed by atoms with Crippen LogP contribution < -0.4 is 4.72 Å². The summed E-state index contributed by atoms with van der Waals surface area (Å²) in [7, 11) is -4.10. The lowest BCUT2D eigenvalue weighted by Crippen LogP contribution is -2.13. The molecular formula is C29H26BrFN2O3S3. The van der Waals surface area contributed by atoms with E-state index in [-0.39, 0.29) is 20.8 Å². The van der Waals surface area contributed by atoms with Crippen LogP contribution in [-0.2, 0) is 10.0 Å². The topological polar surface area (TPSA) is 79.3 Å². The number of nitrogens with zero attached hydrogens (tertiary/aromatic N) is 1. The minimum Gasteiger partial charge on any atom is -0.506 e. The Morgan fingerprint density at radius 1 is 1.08 bits per heavy atom. The van der Waals surface area contributed by atoms with Crippen molar-refractivity contribution >= 4 is 75.7 Å². The van der Waals surface area contributed by atoms with Crippen LogP contribution in [0.4, 0.5) is 10.1 Å². The molecule has 0 amide bonds. The Bertz CT molecular complexity index is 1810. The molecule has 5 aromatic rings. The van der Waals surface area contributed by atoms with Crippen molar-refractivity contribution in [3.63, 3.8) is 0 Å². The van der Waals surface area contributed by atoms with Crippen molar-refractivity contribution in [2.75, 3.05) is 4.72 Å². The Labute approximate surface area is 243 Å². The molecule has 0 aliphatic carbocycles. The molecule has 39 heavy (non-hydrogen) atoms. The van der Waals surface area contributed by atoms with Crippen molar-refractivity contribution in [3.05, 3.63) is 82.6 Å². The molecule has 0 saturated carbocycles. The maximum absolute atomic E-state index is 14.1.